The van der Waals surface area contributed by atoms with Crippen LogP contribution in [0.25, 0.3) is 0 Å². The molecule has 1 fully saturated rings. The smallest absolute Gasteiger partial charge is 0.238 e. The van der Waals surface area contributed by atoms with Crippen molar-refractivity contribution in [2.75, 3.05) is 30.3 Å². The van der Waals surface area contributed by atoms with E-state index < -0.39 is 0 Å². The van der Waals surface area contributed by atoms with Crippen molar-refractivity contribution in [1.82, 2.24) is 4.90 Å². The summed E-state index contributed by atoms with van der Waals surface area (Å²) in [5.74, 6) is -0.0686. The normalized spacial score (nSPS) is 13.7. The first-order valence-electron chi connectivity index (χ1n) is 7.11. The molecule has 0 radical (unpaired) electrons. The van der Waals surface area contributed by atoms with Gasteiger partial charge in [-0.05, 0) is 38.1 Å². The van der Waals surface area contributed by atoms with Crippen LogP contribution in [0.3, 0.4) is 0 Å². The molecule has 112 valence electrons. The predicted molar refractivity (Wildman–Crippen MR) is 83.7 cm³/mol. The van der Waals surface area contributed by atoms with E-state index in [1.54, 1.807) is 24.3 Å². The minimum absolute atomic E-state index is 0.0294. The number of hydrogen-bond acceptors (Lipinski definition) is 5. The lowest BCUT2D eigenvalue weighted by Gasteiger charge is -2.15. The summed E-state index contributed by atoms with van der Waals surface area (Å²) in [5, 5.41) is 23.2. The van der Waals surface area contributed by atoms with Crippen molar-refractivity contribution in [3.05, 3.63) is 36.0 Å². The number of likely N-dealkylation sites (tertiary alicyclic amines) is 1. The van der Waals surface area contributed by atoms with Gasteiger partial charge in [0.2, 0.25) is 5.91 Å². The van der Waals surface area contributed by atoms with Gasteiger partial charge < -0.3 is 10.6 Å². The van der Waals surface area contributed by atoms with Crippen LogP contribution in [0.5, 0.6) is 0 Å². The Morgan fingerprint density at radius 1 is 1.18 bits per heavy atom. The van der Waals surface area contributed by atoms with Gasteiger partial charge in [0.15, 0.2) is 0 Å². The van der Waals surface area contributed by atoms with Gasteiger partial charge in [0.25, 0.3) is 0 Å². The van der Waals surface area contributed by atoms with Crippen LogP contribution in [0.15, 0.2) is 36.0 Å². The Bertz CT molecular complexity index is 631. The van der Waals surface area contributed by atoms with Gasteiger partial charge in [-0.25, -0.2) is 0 Å². The number of para-hydroxylation sites is 2. The SMILES string of the molecule is N#CC(C#N)=CNc1ccccc1NC(=O)CN1CCCC1. The fraction of sp³-hybridized carbons (Fsp3) is 0.312. The monoisotopic (exact) mass is 295 g/mol. The summed E-state index contributed by atoms with van der Waals surface area (Å²) in [5.41, 5.74) is 1.23. The van der Waals surface area contributed by atoms with Gasteiger partial charge in [0.1, 0.15) is 17.7 Å². The molecule has 1 saturated heterocycles. The molecule has 1 aromatic rings. The van der Waals surface area contributed by atoms with Gasteiger partial charge in [0, 0.05) is 6.20 Å². The Morgan fingerprint density at radius 2 is 1.82 bits per heavy atom. The molecular formula is C16H17N5O. The maximum absolute atomic E-state index is 12.1. The molecule has 1 heterocycles. The Morgan fingerprint density at radius 3 is 2.45 bits per heavy atom. The Kier molecular flexibility index (Phi) is 5.53. The lowest BCUT2D eigenvalue weighted by molar-refractivity contribution is -0.117. The molecule has 2 rings (SSSR count). The number of hydrogen-bond donors (Lipinski definition) is 2. The number of carbonyl (C=O) groups excluding carboxylic acids is 1. The van der Waals surface area contributed by atoms with Crippen molar-refractivity contribution in [2.45, 2.75) is 12.8 Å². The Hall–Kier alpha value is -2.83. The zero-order valence-corrected chi connectivity index (χ0v) is 12.2. The van der Waals surface area contributed by atoms with Crippen molar-refractivity contribution < 1.29 is 4.79 Å². The topological polar surface area (TPSA) is 92.0 Å². The van der Waals surface area contributed by atoms with Crippen molar-refractivity contribution in [1.29, 1.82) is 10.5 Å². The standard InChI is InChI=1S/C16H17N5O/c17-9-13(10-18)11-19-14-5-1-2-6-15(14)20-16(22)12-21-7-3-4-8-21/h1-2,5-6,11,19H,3-4,7-8,12H2,(H,20,22). The minimum atomic E-state index is -0.0686. The van der Waals surface area contributed by atoms with E-state index in [9.17, 15) is 4.79 Å². The molecule has 0 saturated carbocycles. The lowest BCUT2D eigenvalue weighted by Crippen LogP contribution is -2.31. The number of amides is 1. The highest BCUT2D eigenvalue weighted by atomic mass is 16.2. The van der Waals surface area contributed by atoms with Crippen molar-refractivity contribution >= 4 is 17.3 Å². The first-order valence-corrected chi connectivity index (χ1v) is 7.11. The maximum Gasteiger partial charge on any atom is 0.238 e. The number of nitriles is 2. The van der Waals surface area contributed by atoms with Crippen LogP contribution in [0.2, 0.25) is 0 Å². The fourth-order valence-corrected chi connectivity index (χ4v) is 2.29. The minimum Gasteiger partial charge on any atom is -0.358 e. The third kappa shape index (κ3) is 4.34. The highest BCUT2D eigenvalue weighted by molar-refractivity contribution is 5.95. The summed E-state index contributed by atoms with van der Waals surface area (Å²) in [6.45, 7) is 2.30. The molecule has 6 nitrogen and oxygen atoms in total. The molecular weight excluding hydrogens is 278 g/mol. The number of carbonyl (C=O) groups is 1. The van der Waals surface area contributed by atoms with Crippen LogP contribution in [-0.2, 0) is 4.79 Å². The molecule has 22 heavy (non-hydrogen) atoms. The van der Waals surface area contributed by atoms with Crippen LogP contribution < -0.4 is 10.6 Å². The molecule has 0 spiro atoms. The van der Waals surface area contributed by atoms with E-state index >= 15 is 0 Å². The van der Waals surface area contributed by atoms with Crippen molar-refractivity contribution in [3.8, 4) is 12.1 Å². The molecule has 0 bridgehead atoms. The third-order valence-corrected chi connectivity index (χ3v) is 3.38. The molecule has 1 amide bonds. The van der Waals surface area contributed by atoms with Gasteiger partial charge in [-0.2, -0.15) is 10.5 Å². The van der Waals surface area contributed by atoms with E-state index in [-0.39, 0.29) is 11.5 Å². The fourth-order valence-electron chi connectivity index (χ4n) is 2.29. The number of nitrogens with one attached hydrogen (secondary N) is 2. The maximum atomic E-state index is 12.1. The molecule has 1 aliphatic heterocycles. The van der Waals surface area contributed by atoms with Crippen LogP contribution in [-0.4, -0.2) is 30.4 Å². The van der Waals surface area contributed by atoms with Crippen molar-refractivity contribution in [3.63, 3.8) is 0 Å². The van der Waals surface area contributed by atoms with Crippen molar-refractivity contribution in [2.24, 2.45) is 0 Å². The van der Waals surface area contributed by atoms with E-state index in [1.165, 1.54) is 6.20 Å². The van der Waals surface area contributed by atoms with E-state index in [2.05, 4.69) is 15.5 Å². The number of rotatable bonds is 5. The molecule has 0 atom stereocenters. The zero-order valence-electron chi connectivity index (χ0n) is 12.2. The second-order valence-electron chi connectivity index (χ2n) is 5.00. The average Bonchev–Trinajstić information content (AvgIpc) is 3.02. The number of nitrogens with zero attached hydrogens (tertiary/aromatic N) is 3. The number of benzene rings is 1. The van der Waals surface area contributed by atoms with Gasteiger partial charge in [-0.1, -0.05) is 12.1 Å². The first kappa shape index (κ1) is 15.6. The molecule has 0 aliphatic carbocycles. The molecule has 0 aromatic heterocycles. The largest absolute Gasteiger partial charge is 0.358 e. The molecule has 0 unspecified atom stereocenters. The van der Waals surface area contributed by atoms with E-state index in [4.69, 9.17) is 10.5 Å². The lowest BCUT2D eigenvalue weighted by atomic mass is 10.2. The summed E-state index contributed by atoms with van der Waals surface area (Å²) in [4.78, 5) is 14.2. The second-order valence-corrected chi connectivity index (χ2v) is 5.00. The Labute approximate surface area is 129 Å². The number of anilines is 2. The first-order chi connectivity index (χ1) is 10.7. The summed E-state index contributed by atoms with van der Waals surface area (Å²) < 4.78 is 0. The third-order valence-electron chi connectivity index (χ3n) is 3.38. The molecule has 1 aliphatic rings. The summed E-state index contributed by atoms with van der Waals surface area (Å²) in [7, 11) is 0. The van der Waals surface area contributed by atoms with Gasteiger partial charge in [0.05, 0.1) is 17.9 Å². The van der Waals surface area contributed by atoms with Gasteiger partial charge >= 0.3 is 0 Å². The highest BCUT2D eigenvalue weighted by Crippen LogP contribution is 2.21. The van der Waals surface area contributed by atoms with Gasteiger partial charge in [-0.3, -0.25) is 9.69 Å². The van der Waals surface area contributed by atoms with Gasteiger partial charge in [-0.15, -0.1) is 0 Å². The van der Waals surface area contributed by atoms with E-state index in [0.717, 1.165) is 25.9 Å². The number of allylic oxidation sites excluding steroid dienone is 1. The molecule has 2 N–H and O–H groups in total. The Balaban J connectivity index is 2.02. The van der Waals surface area contributed by atoms with Crippen LogP contribution >= 0.6 is 0 Å². The summed E-state index contributed by atoms with van der Waals surface area (Å²) in [6, 6.07) is 10.7. The van der Waals surface area contributed by atoms with Crippen LogP contribution in [0, 0.1) is 22.7 Å². The van der Waals surface area contributed by atoms with E-state index in [1.807, 2.05) is 12.1 Å². The second kappa shape index (κ2) is 7.82. The van der Waals surface area contributed by atoms with Crippen LogP contribution in [0.4, 0.5) is 11.4 Å². The highest BCUT2D eigenvalue weighted by Gasteiger charge is 2.15. The van der Waals surface area contributed by atoms with Crippen LogP contribution in [0.1, 0.15) is 12.8 Å². The molecule has 6 heteroatoms. The summed E-state index contributed by atoms with van der Waals surface area (Å²) >= 11 is 0. The molecule has 1 aromatic carbocycles. The zero-order chi connectivity index (χ0) is 15.8. The quantitative estimate of drug-likeness (QED) is 0.811. The predicted octanol–water partition coefficient (Wildman–Crippen LogP) is 2.06. The summed E-state index contributed by atoms with van der Waals surface area (Å²) in [6.07, 6.45) is 3.61. The van der Waals surface area contributed by atoms with E-state index in [0.29, 0.717) is 17.9 Å². The average molecular weight is 295 g/mol.